The van der Waals surface area contributed by atoms with Gasteiger partial charge in [0.25, 0.3) is 0 Å². The Hall–Kier alpha value is -0.540. The van der Waals surface area contributed by atoms with Crippen LogP contribution in [-0.4, -0.2) is 19.7 Å². The van der Waals surface area contributed by atoms with E-state index in [0.29, 0.717) is 0 Å². The molecule has 15 heavy (non-hydrogen) atoms. The van der Waals surface area contributed by atoms with E-state index in [1.807, 2.05) is 19.2 Å². The standard InChI is InChI=1S/C12H18BrNO/c1-12(2,14-3)8-9-6-5-7-10(13)11(9)15-4/h5-7,14H,8H2,1-4H3. The average molecular weight is 272 g/mol. The van der Waals surface area contributed by atoms with Gasteiger partial charge in [0.15, 0.2) is 0 Å². The molecule has 3 heteroatoms. The summed E-state index contributed by atoms with van der Waals surface area (Å²) in [4.78, 5) is 0. The molecule has 0 spiro atoms. The first-order valence-electron chi connectivity index (χ1n) is 5.00. The molecule has 0 aliphatic rings. The molecule has 84 valence electrons. The number of para-hydroxylation sites is 1. The Morgan fingerprint density at radius 3 is 2.60 bits per heavy atom. The van der Waals surface area contributed by atoms with Crippen LogP contribution in [0.2, 0.25) is 0 Å². The highest BCUT2D eigenvalue weighted by atomic mass is 79.9. The Morgan fingerprint density at radius 2 is 2.07 bits per heavy atom. The number of likely N-dealkylation sites (N-methyl/N-ethyl adjacent to an activating group) is 1. The molecule has 1 aromatic carbocycles. The molecule has 0 heterocycles. The number of rotatable bonds is 4. The molecule has 0 fully saturated rings. The third kappa shape index (κ3) is 3.21. The molecule has 0 saturated heterocycles. The number of halogens is 1. The summed E-state index contributed by atoms with van der Waals surface area (Å²) < 4.78 is 6.40. The van der Waals surface area contributed by atoms with E-state index < -0.39 is 0 Å². The van der Waals surface area contributed by atoms with Crippen LogP contribution in [0, 0.1) is 0 Å². The number of nitrogens with one attached hydrogen (secondary N) is 1. The molecule has 0 atom stereocenters. The predicted octanol–water partition coefficient (Wildman–Crippen LogP) is 3.00. The quantitative estimate of drug-likeness (QED) is 0.909. The van der Waals surface area contributed by atoms with Crippen LogP contribution in [0.3, 0.4) is 0 Å². The van der Waals surface area contributed by atoms with Gasteiger partial charge in [-0.2, -0.15) is 0 Å². The molecular formula is C12H18BrNO. The maximum atomic E-state index is 5.39. The van der Waals surface area contributed by atoms with Crippen molar-refractivity contribution in [1.82, 2.24) is 5.32 Å². The van der Waals surface area contributed by atoms with E-state index in [0.717, 1.165) is 16.6 Å². The monoisotopic (exact) mass is 271 g/mol. The van der Waals surface area contributed by atoms with Crippen LogP contribution >= 0.6 is 15.9 Å². The first-order valence-corrected chi connectivity index (χ1v) is 5.80. The second-order valence-corrected chi connectivity index (χ2v) is 5.10. The molecule has 1 N–H and O–H groups in total. The van der Waals surface area contributed by atoms with Crippen molar-refractivity contribution in [3.05, 3.63) is 28.2 Å². The molecule has 1 aromatic rings. The predicted molar refractivity (Wildman–Crippen MR) is 67.5 cm³/mol. The van der Waals surface area contributed by atoms with E-state index in [9.17, 15) is 0 Å². The van der Waals surface area contributed by atoms with Gasteiger partial charge in [0.05, 0.1) is 11.6 Å². The minimum atomic E-state index is 0.0775. The zero-order valence-corrected chi connectivity index (χ0v) is 11.3. The molecule has 2 nitrogen and oxygen atoms in total. The zero-order valence-electron chi connectivity index (χ0n) is 9.73. The Balaban J connectivity index is 2.99. The van der Waals surface area contributed by atoms with E-state index >= 15 is 0 Å². The third-order valence-electron chi connectivity index (χ3n) is 2.56. The van der Waals surface area contributed by atoms with Gasteiger partial charge in [-0.1, -0.05) is 12.1 Å². The second kappa shape index (κ2) is 4.99. The number of methoxy groups -OCH3 is 1. The van der Waals surface area contributed by atoms with Crippen LogP contribution in [0.15, 0.2) is 22.7 Å². The summed E-state index contributed by atoms with van der Waals surface area (Å²) in [6.45, 7) is 4.35. The maximum Gasteiger partial charge on any atom is 0.136 e. The summed E-state index contributed by atoms with van der Waals surface area (Å²) in [5, 5.41) is 3.29. The van der Waals surface area contributed by atoms with Crippen LogP contribution in [0.1, 0.15) is 19.4 Å². The lowest BCUT2D eigenvalue weighted by molar-refractivity contribution is 0.384. The molecule has 1 rings (SSSR count). The maximum absolute atomic E-state index is 5.39. The lowest BCUT2D eigenvalue weighted by atomic mass is 9.95. The lowest BCUT2D eigenvalue weighted by Gasteiger charge is -2.25. The molecule has 0 amide bonds. The van der Waals surface area contributed by atoms with E-state index in [2.05, 4.69) is 41.2 Å². The summed E-state index contributed by atoms with van der Waals surface area (Å²) in [7, 11) is 3.68. The third-order valence-corrected chi connectivity index (χ3v) is 3.19. The van der Waals surface area contributed by atoms with E-state index in [4.69, 9.17) is 4.74 Å². The molecule has 0 aliphatic carbocycles. The SMILES string of the molecule is CNC(C)(C)Cc1cccc(Br)c1OC. The van der Waals surface area contributed by atoms with E-state index in [1.54, 1.807) is 7.11 Å². The van der Waals surface area contributed by atoms with Crippen molar-refractivity contribution in [2.24, 2.45) is 0 Å². The van der Waals surface area contributed by atoms with Gasteiger partial charge in [-0.15, -0.1) is 0 Å². The Labute approximate surface area is 100 Å². The molecular weight excluding hydrogens is 254 g/mol. The number of benzene rings is 1. The van der Waals surface area contributed by atoms with Gasteiger partial charge in [-0.25, -0.2) is 0 Å². The van der Waals surface area contributed by atoms with Gasteiger partial charge in [0, 0.05) is 5.54 Å². The van der Waals surface area contributed by atoms with Gasteiger partial charge >= 0.3 is 0 Å². The fourth-order valence-corrected chi connectivity index (χ4v) is 2.05. The van der Waals surface area contributed by atoms with Crippen molar-refractivity contribution in [3.8, 4) is 5.75 Å². The van der Waals surface area contributed by atoms with Crippen LogP contribution in [-0.2, 0) is 6.42 Å². The summed E-state index contributed by atoms with van der Waals surface area (Å²) >= 11 is 3.49. The summed E-state index contributed by atoms with van der Waals surface area (Å²) in [5.41, 5.74) is 1.29. The lowest BCUT2D eigenvalue weighted by Crippen LogP contribution is -2.38. The van der Waals surface area contributed by atoms with E-state index in [-0.39, 0.29) is 5.54 Å². The number of hydrogen-bond donors (Lipinski definition) is 1. The van der Waals surface area contributed by atoms with Gasteiger partial charge < -0.3 is 10.1 Å². The van der Waals surface area contributed by atoms with Crippen molar-refractivity contribution in [2.75, 3.05) is 14.2 Å². The highest BCUT2D eigenvalue weighted by Crippen LogP contribution is 2.30. The van der Waals surface area contributed by atoms with Crippen molar-refractivity contribution in [3.63, 3.8) is 0 Å². The smallest absolute Gasteiger partial charge is 0.136 e. The summed E-state index contributed by atoms with van der Waals surface area (Å²) in [5.74, 6) is 0.931. The van der Waals surface area contributed by atoms with Crippen molar-refractivity contribution < 1.29 is 4.74 Å². The first kappa shape index (κ1) is 12.5. The molecule has 0 radical (unpaired) electrons. The van der Waals surface area contributed by atoms with Gasteiger partial charge in [-0.3, -0.25) is 0 Å². The van der Waals surface area contributed by atoms with Gasteiger partial charge in [0.1, 0.15) is 5.75 Å². The highest BCUT2D eigenvalue weighted by molar-refractivity contribution is 9.10. The minimum absolute atomic E-state index is 0.0775. The molecule has 0 unspecified atom stereocenters. The van der Waals surface area contributed by atoms with Crippen molar-refractivity contribution in [2.45, 2.75) is 25.8 Å². The fraction of sp³-hybridized carbons (Fsp3) is 0.500. The van der Waals surface area contributed by atoms with Crippen LogP contribution in [0.25, 0.3) is 0 Å². The Bertz CT molecular complexity index is 336. The molecule has 0 saturated carbocycles. The topological polar surface area (TPSA) is 21.3 Å². The second-order valence-electron chi connectivity index (χ2n) is 4.24. The first-order chi connectivity index (χ1) is 7.00. The fourth-order valence-electron chi connectivity index (χ4n) is 1.49. The highest BCUT2D eigenvalue weighted by Gasteiger charge is 2.18. The molecule has 0 aliphatic heterocycles. The molecule has 0 aromatic heterocycles. The van der Waals surface area contributed by atoms with E-state index in [1.165, 1.54) is 5.56 Å². The molecule has 0 bridgehead atoms. The summed E-state index contributed by atoms with van der Waals surface area (Å²) in [6, 6.07) is 6.13. The normalized spacial score (nSPS) is 11.5. The van der Waals surface area contributed by atoms with Crippen LogP contribution in [0.4, 0.5) is 0 Å². The largest absolute Gasteiger partial charge is 0.495 e. The Kier molecular flexibility index (Phi) is 4.17. The number of ether oxygens (including phenoxy) is 1. The zero-order chi connectivity index (χ0) is 11.5. The van der Waals surface area contributed by atoms with Crippen molar-refractivity contribution in [1.29, 1.82) is 0 Å². The van der Waals surface area contributed by atoms with Crippen molar-refractivity contribution >= 4 is 15.9 Å². The van der Waals surface area contributed by atoms with Crippen LogP contribution < -0.4 is 10.1 Å². The number of hydrogen-bond acceptors (Lipinski definition) is 2. The summed E-state index contributed by atoms with van der Waals surface area (Å²) in [6.07, 6.45) is 0.937. The van der Waals surface area contributed by atoms with Gasteiger partial charge in [0.2, 0.25) is 0 Å². The van der Waals surface area contributed by atoms with Crippen LogP contribution in [0.5, 0.6) is 5.75 Å². The minimum Gasteiger partial charge on any atom is -0.495 e. The van der Waals surface area contributed by atoms with Gasteiger partial charge in [-0.05, 0) is 54.9 Å². The average Bonchev–Trinajstić information content (AvgIpc) is 2.18. The Morgan fingerprint density at radius 1 is 1.40 bits per heavy atom.